The lowest BCUT2D eigenvalue weighted by atomic mass is 10.3. The van der Waals surface area contributed by atoms with Gasteiger partial charge in [-0.25, -0.2) is 0 Å². The zero-order valence-electron chi connectivity index (χ0n) is 7.81. The zero-order valence-corrected chi connectivity index (χ0v) is 7.81. The molecule has 1 heterocycles. The molecule has 0 spiro atoms. The summed E-state index contributed by atoms with van der Waals surface area (Å²) in [6.45, 7) is -0.604. The van der Waals surface area contributed by atoms with Crippen molar-refractivity contribution in [2.24, 2.45) is 5.11 Å². The summed E-state index contributed by atoms with van der Waals surface area (Å²) in [6, 6.07) is 2.42. The Morgan fingerprint density at radius 2 is 2.31 bits per heavy atom. The van der Waals surface area contributed by atoms with E-state index >= 15 is 0 Å². The van der Waals surface area contributed by atoms with Crippen molar-refractivity contribution < 1.29 is 13.2 Å². The van der Waals surface area contributed by atoms with Crippen LogP contribution in [-0.2, 0) is 19.3 Å². The van der Waals surface area contributed by atoms with Crippen LogP contribution in [0.5, 0.6) is 0 Å². The molecule has 16 heavy (non-hydrogen) atoms. The van der Waals surface area contributed by atoms with Crippen molar-refractivity contribution in [3.05, 3.63) is 27.9 Å². The average Bonchev–Trinajstić information content (AvgIpc) is 2.58. The minimum Gasteiger partial charge on any atom is -0.255 e. The predicted molar refractivity (Wildman–Crippen MR) is 45.7 cm³/mol. The highest BCUT2D eigenvalue weighted by Gasteiger charge is 2.34. The molecule has 84 valence electrons. The maximum atomic E-state index is 12.3. The third kappa shape index (κ3) is 2.65. The molecule has 0 aromatic carbocycles. The Labute approximate surface area is 87.5 Å². The van der Waals surface area contributed by atoms with Crippen molar-refractivity contribution >= 4 is 0 Å². The number of nitriles is 1. The van der Waals surface area contributed by atoms with Crippen molar-refractivity contribution in [2.75, 3.05) is 0 Å². The summed E-state index contributed by atoms with van der Waals surface area (Å²) in [6.07, 6.45) is -4.58. The number of halogens is 3. The molecule has 0 N–H and O–H groups in total. The van der Waals surface area contributed by atoms with E-state index in [0.29, 0.717) is 0 Å². The quantitative estimate of drug-likeness (QED) is 0.452. The summed E-state index contributed by atoms with van der Waals surface area (Å²) in [5, 5.41) is 14.7. The van der Waals surface area contributed by atoms with E-state index in [9.17, 15) is 13.2 Å². The zero-order chi connectivity index (χ0) is 12.2. The Morgan fingerprint density at radius 1 is 1.62 bits per heavy atom. The van der Waals surface area contributed by atoms with Crippen LogP contribution in [0, 0.1) is 11.3 Å². The van der Waals surface area contributed by atoms with Crippen LogP contribution in [0.3, 0.4) is 0 Å². The molecule has 0 fully saturated rings. The van der Waals surface area contributed by atoms with E-state index in [2.05, 4.69) is 15.1 Å². The molecule has 0 saturated carbocycles. The van der Waals surface area contributed by atoms with Gasteiger partial charge in [0.1, 0.15) is 6.54 Å². The van der Waals surface area contributed by atoms with Crippen LogP contribution in [0.1, 0.15) is 11.4 Å². The van der Waals surface area contributed by atoms with Crippen molar-refractivity contribution in [1.29, 1.82) is 5.26 Å². The summed E-state index contributed by atoms with van der Waals surface area (Å²) < 4.78 is 37.7. The lowest BCUT2D eigenvalue weighted by molar-refractivity contribution is -0.141. The van der Waals surface area contributed by atoms with Gasteiger partial charge in [0.2, 0.25) is 0 Å². The van der Waals surface area contributed by atoms with Crippen LogP contribution in [-0.4, -0.2) is 9.78 Å². The molecule has 0 aliphatic carbocycles. The van der Waals surface area contributed by atoms with Gasteiger partial charge < -0.3 is 0 Å². The first-order chi connectivity index (χ1) is 7.49. The molecule has 0 aliphatic heterocycles. The van der Waals surface area contributed by atoms with Crippen LogP contribution in [0.2, 0.25) is 0 Å². The van der Waals surface area contributed by atoms with E-state index in [0.717, 1.165) is 10.7 Å². The van der Waals surface area contributed by atoms with Gasteiger partial charge in [-0.3, -0.25) is 4.68 Å². The molecule has 9 heteroatoms. The summed E-state index contributed by atoms with van der Waals surface area (Å²) in [4.78, 5) is 2.42. The first-order valence-corrected chi connectivity index (χ1v) is 4.00. The van der Waals surface area contributed by atoms with Crippen molar-refractivity contribution in [2.45, 2.75) is 19.3 Å². The van der Waals surface area contributed by atoms with E-state index in [-0.39, 0.29) is 18.8 Å². The van der Waals surface area contributed by atoms with E-state index in [1.165, 1.54) is 0 Å². The summed E-state index contributed by atoms with van der Waals surface area (Å²) >= 11 is 0. The van der Waals surface area contributed by atoms with Crippen LogP contribution in [0.15, 0.2) is 11.2 Å². The second-order valence-electron chi connectivity index (χ2n) is 2.72. The molecule has 1 rings (SSSR count). The fraction of sp³-hybridized carbons (Fsp3) is 0.429. The normalized spacial score (nSPS) is 10.6. The highest BCUT2D eigenvalue weighted by atomic mass is 19.4. The Bertz CT molecular complexity index is 461. The van der Waals surface area contributed by atoms with E-state index in [1.54, 1.807) is 6.07 Å². The van der Waals surface area contributed by atoms with Gasteiger partial charge in [-0.15, -0.1) is 0 Å². The smallest absolute Gasteiger partial charge is 0.255 e. The molecule has 0 saturated heterocycles. The van der Waals surface area contributed by atoms with Gasteiger partial charge >= 0.3 is 6.18 Å². The van der Waals surface area contributed by atoms with E-state index in [1.807, 2.05) is 0 Å². The third-order valence-electron chi connectivity index (χ3n) is 1.67. The van der Waals surface area contributed by atoms with Gasteiger partial charge in [0, 0.05) is 10.6 Å². The van der Waals surface area contributed by atoms with Gasteiger partial charge in [0.05, 0.1) is 12.6 Å². The second kappa shape index (κ2) is 4.55. The minimum atomic E-state index is -4.58. The van der Waals surface area contributed by atoms with E-state index in [4.69, 9.17) is 10.8 Å². The molecular formula is C7H5F3N6. The van der Waals surface area contributed by atoms with E-state index < -0.39 is 11.9 Å². The van der Waals surface area contributed by atoms with Gasteiger partial charge in [-0.05, 0) is 11.6 Å². The first-order valence-electron chi connectivity index (χ1n) is 4.00. The second-order valence-corrected chi connectivity index (χ2v) is 2.72. The molecule has 0 unspecified atom stereocenters. The third-order valence-corrected chi connectivity index (χ3v) is 1.67. The van der Waals surface area contributed by atoms with Crippen LogP contribution in [0.4, 0.5) is 13.2 Å². The van der Waals surface area contributed by atoms with Gasteiger partial charge in [-0.1, -0.05) is 5.11 Å². The lowest BCUT2D eigenvalue weighted by Crippen LogP contribution is -2.08. The maximum absolute atomic E-state index is 12.3. The van der Waals surface area contributed by atoms with Crippen molar-refractivity contribution in [3.63, 3.8) is 0 Å². The Hall–Kier alpha value is -2.20. The standard InChI is InChI=1S/C7H5F3N6/c8-7(9,10)6-3-5(4-13-15-12)16(14-6)2-1-11/h3H,2,4H2. The average molecular weight is 230 g/mol. The SMILES string of the molecule is N#CCn1nc(C(F)(F)F)cc1CN=[N+]=[N-]. The number of rotatable bonds is 3. The number of alkyl halides is 3. The monoisotopic (exact) mass is 230 g/mol. The topological polar surface area (TPSA) is 90.4 Å². The highest BCUT2D eigenvalue weighted by molar-refractivity contribution is 5.14. The molecular weight excluding hydrogens is 225 g/mol. The van der Waals surface area contributed by atoms with Crippen molar-refractivity contribution in [1.82, 2.24) is 9.78 Å². The highest BCUT2D eigenvalue weighted by Crippen LogP contribution is 2.28. The summed E-state index contributed by atoms with van der Waals surface area (Å²) in [5.74, 6) is 0. The molecule has 0 aliphatic rings. The van der Waals surface area contributed by atoms with Crippen LogP contribution >= 0.6 is 0 Å². The minimum absolute atomic E-state index is 0.0478. The molecule has 0 bridgehead atoms. The summed E-state index contributed by atoms with van der Waals surface area (Å²) in [5.41, 5.74) is 7.00. The number of azide groups is 1. The molecule has 1 aromatic rings. The van der Waals surface area contributed by atoms with Crippen LogP contribution < -0.4 is 0 Å². The lowest BCUT2D eigenvalue weighted by Gasteiger charge is -2.00. The molecule has 0 amide bonds. The number of hydrogen-bond acceptors (Lipinski definition) is 3. The van der Waals surface area contributed by atoms with Gasteiger partial charge in [0.25, 0.3) is 0 Å². The molecule has 0 atom stereocenters. The predicted octanol–water partition coefficient (Wildman–Crippen LogP) is 2.24. The number of hydrogen-bond donors (Lipinski definition) is 0. The first kappa shape index (κ1) is 11.9. The Balaban J connectivity index is 3.10. The van der Waals surface area contributed by atoms with Gasteiger partial charge in [0.15, 0.2) is 5.69 Å². The fourth-order valence-electron chi connectivity index (χ4n) is 1.03. The maximum Gasteiger partial charge on any atom is 0.435 e. The summed E-state index contributed by atoms with van der Waals surface area (Å²) in [7, 11) is 0. The van der Waals surface area contributed by atoms with Crippen LogP contribution in [0.25, 0.3) is 10.4 Å². The largest absolute Gasteiger partial charge is 0.435 e. The molecule has 6 nitrogen and oxygen atoms in total. The Kier molecular flexibility index (Phi) is 3.37. The number of aromatic nitrogens is 2. The number of nitrogens with zero attached hydrogens (tertiary/aromatic N) is 6. The van der Waals surface area contributed by atoms with Crippen molar-refractivity contribution in [3.8, 4) is 6.07 Å². The molecule has 1 aromatic heterocycles. The molecule has 0 radical (unpaired) electrons. The fourth-order valence-corrected chi connectivity index (χ4v) is 1.03. The Morgan fingerprint density at radius 3 is 2.81 bits per heavy atom. The van der Waals surface area contributed by atoms with Gasteiger partial charge in [-0.2, -0.15) is 23.5 Å².